The number of amides is 2. The first-order chi connectivity index (χ1) is 10.6. The third-order valence-corrected chi connectivity index (χ3v) is 3.40. The topological polar surface area (TPSA) is 67.4 Å². The Hall–Kier alpha value is -1.88. The van der Waals surface area contributed by atoms with E-state index in [1.165, 1.54) is 0 Å². The van der Waals surface area contributed by atoms with Gasteiger partial charge in [-0.05, 0) is 51.3 Å². The SMILES string of the molecule is CC(C)OCCCNC(=O)c1cccc(NC(=O)C2CC2)c1. The van der Waals surface area contributed by atoms with Crippen LogP contribution in [-0.2, 0) is 9.53 Å². The molecule has 0 aliphatic heterocycles. The summed E-state index contributed by atoms with van der Waals surface area (Å²) < 4.78 is 5.42. The Morgan fingerprint density at radius 1 is 1.32 bits per heavy atom. The van der Waals surface area contributed by atoms with E-state index in [1.807, 2.05) is 13.8 Å². The van der Waals surface area contributed by atoms with Crippen LogP contribution >= 0.6 is 0 Å². The molecule has 120 valence electrons. The second-order valence-corrected chi connectivity index (χ2v) is 5.87. The molecule has 2 N–H and O–H groups in total. The van der Waals surface area contributed by atoms with E-state index in [-0.39, 0.29) is 23.8 Å². The second-order valence-electron chi connectivity index (χ2n) is 5.87. The molecule has 1 aromatic carbocycles. The van der Waals surface area contributed by atoms with E-state index in [0.29, 0.717) is 24.4 Å². The highest BCUT2D eigenvalue weighted by molar-refractivity contribution is 5.98. The van der Waals surface area contributed by atoms with Crippen molar-refractivity contribution in [2.24, 2.45) is 5.92 Å². The number of hydrogen-bond acceptors (Lipinski definition) is 3. The molecular weight excluding hydrogens is 280 g/mol. The Balaban J connectivity index is 1.78. The summed E-state index contributed by atoms with van der Waals surface area (Å²) in [5.41, 5.74) is 1.23. The molecule has 0 saturated heterocycles. The average molecular weight is 304 g/mol. The fourth-order valence-corrected chi connectivity index (χ4v) is 2.02. The molecule has 0 heterocycles. The fraction of sp³-hybridized carbons (Fsp3) is 0.529. The predicted molar refractivity (Wildman–Crippen MR) is 85.8 cm³/mol. The van der Waals surface area contributed by atoms with Crippen molar-refractivity contribution in [3.8, 4) is 0 Å². The summed E-state index contributed by atoms with van der Waals surface area (Å²) in [6.07, 6.45) is 2.92. The Bertz CT molecular complexity index is 524. The highest BCUT2D eigenvalue weighted by Gasteiger charge is 2.29. The van der Waals surface area contributed by atoms with Crippen molar-refractivity contribution in [3.05, 3.63) is 29.8 Å². The van der Waals surface area contributed by atoms with Crippen molar-refractivity contribution < 1.29 is 14.3 Å². The molecule has 5 nitrogen and oxygen atoms in total. The first-order valence-corrected chi connectivity index (χ1v) is 7.87. The zero-order valence-electron chi connectivity index (χ0n) is 13.2. The van der Waals surface area contributed by atoms with Crippen LogP contribution in [0.25, 0.3) is 0 Å². The van der Waals surface area contributed by atoms with Crippen molar-refractivity contribution in [1.82, 2.24) is 5.32 Å². The molecular formula is C17H24N2O3. The minimum Gasteiger partial charge on any atom is -0.379 e. The highest BCUT2D eigenvalue weighted by Crippen LogP contribution is 2.30. The van der Waals surface area contributed by atoms with Gasteiger partial charge >= 0.3 is 0 Å². The van der Waals surface area contributed by atoms with Gasteiger partial charge in [0.1, 0.15) is 0 Å². The van der Waals surface area contributed by atoms with Crippen LogP contribution in [0.2, 0.25) is 0 Å². The minimum absolute atomic E-state index is 0.0448. The number of hydrogen-bond donors (Lipinski definition) is 2. The van der Waals surface area contributed by atoms with Crippen LogP contribution in [0.1, 0.15) is 43.5 Å². The van der Waals surface area contributed by atoms with E-state index < -0.39 is 0 Å². The van der Waals surface area contributed by atoms with Gasteiger partial charge in [-0.15, -0.1) is 0 Å². The van der Waals surface area contributed by atoms with Gasteiger partial charge in [-0.1, -0.05) is 6.07 Å². The van der Waals surface area contributed by atoms with Gasteiger partial charge in [-0.25, -0.2) is 0 Å². The maximum atomic E-state index is 12.1. The lowest BCUT2D eigenvalue weighted by molar-refractivity contribution is -0.117. The number of benzene rings is 1. The third kappa shape index (κ3) is 5.48. The molecule has 0 unspecified atom stereocenters. The van der Waals surface area contributed by atoms with Crippen LogP contribution in [0.3, 0.4) is 0 Å². The summed E-state index contributed by atoms with van der Waals surface area (Å²) in [5, 5.41) is 5.71. The smallest absolute Gasteiger partial charge is 0.251 e. The fourth-order valence-electron chi connectivity index (χ4n) is 2.02. The Morgan fingerprint density at radius 3 is 2.77 bits per heavy atom. The predicted octanol–water partition coefficient (Wildman–Crippen LogP) is 2.58. The number of rotatable bonds is 8. The van der Waals surface area contributed by atoms with Crippen LogP contribution < -0.4 is 10.6 Å². The molecule has 0 atom stereocenters. The summed E-state index contributed by atoms with van der Waals surface area (Å²) in [6.45, 7) is 5.18. The number of nitrogens with one attached hydrogen (secondary N) is 2. The van der Waals surface area contributed by atoms with E-state index in [4.69, 9.17) is 4.74 Å². The molecule has 22 heavy (non-hydrogen) atoms. The average Bonchev–Trinajstić information content (AvgIpc) is 3.31. The van der Waals surface area contributed by atoms with E-state index in [0.717, 1.165) is 19.3 Å². The Morgan fingerprint density at radius 2 is 2.09 bits per heavy atom. The van der Waals surface area contributed by atoms with Gasteiger partial charge in [-0.3, -0.25) is 9.59 Å². The van der Waals surface area contributed by atoms with E-state index in [9.17, 15) is 9.59 Å². The van der Waals surface area contributed by atoms with Crippen LogP contribution in [0, 0.1) is 5.92 Å². The van der Waals surface area contributed by atoms with Gasteiger partial charge in [0.2, 0.25) is 5.91 Å². The first kappa shape index (κ1) is 16.5. The maximum Gasteiger partial charge on any atom is 0.251 e. The van der Waals surface area contributed by atoms with Crippen LogP contribution in [0.4, 0.5) is 5.69 Å². The maximum absolute atomic E-state index is 12.1. The molecule has 1 fully saturated rings. The highest BCUT2D eigenvalue weighted by atomic mass is 16.5. The molecule has 1 aliphatic rings. The first-order valence-electron chi connectivity index (χ1n) is 7.87. The summed E-state index contributed by atoms with van der Waals surface area (Å²) in [4.78, 5) is 23.8. The molecule has 0 radical (unpaired) electrons. The standard InChI is InChI=1S/C17H24N2O3/c1-12(2)22-10-4-9-18-16(20)14-5-3-6-15(11-14)19-17(21)13-7-8-13/h3,5-6,11-13H,4,7-10H2,1-2H3,(H,18,20)(H,19,21). The summed E-state index contributed by atoms with van der Waals surface area (Å²) in [6, 6.07) is 7.03. The van der Waals surface area contributed by atoms with Gasteiger partial charge in [0.25, 0.3) is 5.91 Å². The van der Waals surface area contributed by atoms with Crippen LogP contribution in [0.5, 0.6) is 0 Å². The molecule has 0 spiro atoms. The number of carbonyl (C=O) groups is 2. The van der Waals surface area contributed by atoms with Gasteiger partial charge in [0.15, 0.2) is 0 Å². The Labute approximate surface area is 131 Å². The quantitative estimate of drug-likeness (QED) is 0.725. The zero-order valence-corrected chi connectivity index (χ0v) is 13.2. The van der Waals surface area contributed by atoms with Gasteiger partial charge in [0, 0.05) is 30.3 Å². The largest absolute Gasteiger partial charge is 0.379 e. The third-order valence-electron chi connectivity index (χ3n) is 3.40. The molecule has 2 amide bonds. The lowest BCUT2D eigenvalue weighted by Crippen LogP contribution is -2.25. The lowest BCUT2D eigenvalue weighted by Gasteiger charge is -2.09. The molecule has 0 aromatic heterocycles. The van der Waals surface area contributed by atoms with E-state index in [1.54, 1.807) is 24.3 Å². The van der Waals surface area contributed by atoms with Crippen molar-refractivity contribution in [2.45, 2.75) is 39.2 Å². The van der Waals surface area contributed by atoms with Crippen LogP contribution in [-0.4, -0.2) is 31.1 Å². The van der Waals surface area contributed by atoms with E-state index >= 15 is 0 Å². The van der Waals surface area contributed by atoms with Crippen molar-refractivity contribution in [2.75, 3.05) is 18.5 Å². The van der Waals surface area contributed by atoms with Gasteiger partial charge in [0.05, 0.1) is 6.10 Å². The molecule has 1 aromatic rings. The molecule has 5 heteroatoms. The molecule has 1 saturated carbocycles. The van der Waals surface area contributed by atoms with Crippen molar-refractivity contribution in [3.63, 3.8) is 0 Å². The monoisotopic (exact) mass is 304 g/mol. The molecule has 2 rings (SSSR count). The summed E-state index contributed by atoms with van der Waals surface area (Å²) in [7, 11) is 0. The summed E-state index contributed by atoms with van der Waals surface area (Å²) >= 11 is 0. The molecule has 0 bridgehead atoms. The Kier molecular flexibility index (Phi) is 5.95. The molecule has 1 aliphatic carbocycles. The normalized spacial score (nSPS) is 14.0. The zero-order chi connectivity index (χ0) is 15.9. The van der Waals surface area contributed by atoms with Gasteiger partial charge in [-0.2, -0.15) is 0 Å². The van der Waals surface area contributed by atoms with Crippen molar-refractivity contribution in [1.29, 1.82) is 0 Å². The number of anilines is 1. The number of carbonyl (C=O) groups excluding carboxylic acids is 2. The lowest BCUT2D eigenvalue weighted by atomic mass is 10.2. The number of ether oxygens (including phenoxy) is 1. The minimum atomic E-state index is -0.132. The van der Waals surface area contributed by atoms with E-state index in [2.05, 4.69) is 10.6 Å². The van der Waals surface area contributed by atoms with Gasteiger partial charge < -0.3 is 15.4 Å². The summed E-state index contributed by atoms with van der Waals surface area (Å²) in [5.74, 6) is 0.0638. The second kappa shape index (κ2) is 7.94. The van der Waals surface area contributed by atoms with Crippen molar-refractivity contribution >= 4 is 17.5 Å². The van der Waals surface area contributed by atoms with Crippen LogP contribution in [0.15, 0.2) is 24.3 Å².